The van der Waals surface area contributed by atoms with Gasteiger partial charge >= 0.3 is 0 Å². The number of hydrogen-bond donors (Lipinski definition) is 2. The zero-order valence-electron chi connectivity index (χ0n) is 12.0. The molecule has 0 aliphatic carbocycles. The Hall–Kier alpha value is -2.13. The largest absolute Gasteiger partial charge is 0.393 e. The Bertz CT molecular complexity index is 540. The van der Waals surface area contributed by atoms with Gasteiger partial charge < -0.3 is 10.4 Å². The van der Waals surface area contributed by atoms with Crippen molar-refractivity contribution in [2.24, 2.45) is 0 Å². The van der Waals surface area contributed by atoms with Gasteiger partial charge in [-0.3, -0.25) is 4.79 Å². The molecule has 3 nitrogen and oxygen atoms in total. The summed E-state index contributed by atoms with van der Waals surface area (Å²) in [5.41, 5.74) is 2.24. The van der Waals surface area contributed by atoms with Crippen molar-refractivity contribution < 1.29 is 9.90 Å². The number of aliphatic hydroxyl groups excluding tert-OH is 1. The van der Waals surface area contributed by atoms with Crippen molar-refractivity contribution >= 4 is 5.91 Å². The fraction of sp³-hybridized carbons (Fsp3) is 0.278. The molecule has 110 valence electrons. The van der Waals surface area contributed by atoms with E-state index in [4.69, 9.17) is 0 Å². The van der Waals surface area contributed by atoms with E-state index in [1.807, 2.05) is 60.7 Å². The minimum absolute atomic E-state index is 0.112. The molecule has 2 aromatic rings. The van der Waals surface area contributed by atoms with Crippen LogP contribution in [0.15, 0.2) is 60.7 Å². The van der Waals surface area contributed by atoms with E-state index in [0.717, 1.165) is 12.0 Å². The molecule has 0 unspecified atom stereocenters. The van der Waals surface area contributed by atoms with Crippen LogP contribution in [0.3, 0.4) is 0 Å². The van der Waals surface area contributed by atoms with Gasteiger partial charge in [0.05, 0.1) is 12.5 Å². The van der Waals surface area contributed by atoms with E-state index >= 15 is 0 Å². The number of nitrogens with one attached hydrogen (secondary N) is 1. The molecule has 0 heterocycles. The van der Waals surface area contributed by atoms with Gasteiger partial charge in [-0.15, -0.1) is 0 Å². The molecule has 0 fully saturated rings. The Morgan fingerprint density at radius 3 is 2.14 bits per heavy atom. The predicted octanol–water partition coefficient (Wildman–Crippen LogP) is 2.69. The van der Waals surface area contributed by atoms with Gasteiger partial charge in [0.25, 0.3) is 0 Å². The van der Waals surface area contributed by atoms with Crippen LogP contribution in [0.5, 0.6) is 0 Å². The SMILES string of the molecule is O=C(C[C@@H](O)CCc1ccccc1)NCc1ccccc1. The lowest BCUT2D eigenvalue weighted by Gasteiger charge is -2.11. The van der Waals surface area contributed by atoms with E-state index in [1.54, 1.807) is 0 Å². The molecule has 1 atom stereocenters. The van der Waals surface area contributed by atoms with Crippen LogP contribution in [-0.2, 0) is 17.8 Å². The summed E-state index contributed by atoms with van der Waals surface area (Å²) in [6, 6.07) is 19.7. The van der Waals surface area contributed by atoms with E-state index in [9.17, 15) is 9.90 Å². The number of carbonyl (C=O) groups is 1. The highest BCUT2D eigenvalue weighted by atomic mass is 16.3. The van der Waals surface area contributed by atoms with Crippen LogP contribution in [-0.4, -0.2) is 17.1 Å². The second-order valence-corrected chi connectivity index (χ2v) is 5.14. The molecule has 0 spiro atoms. The first-order valence-corrected chi connectivity index (χ1v) is 7.26. The molecule has 0 saturated carbocycles. The maximum absolute atomic E-state index is 11.8. The number of rotatable bonds is 7. The first-order valence-electron chi connectivity index (χ1n) is 7.26. The molecule has 0 bridgehead atoms. The predicted molar refractivity (Wildman–Crippen MR) is 83.7 cm³/mol. The Morgan fingerprint density at radius 2 is 1.52 bits per heavy atom. The lowest BCUT2D eigenvalue weighted by atomic mass is 10.0. The molecular weight excluding hydrogens is 262 g/mol. The van der Waals surface area contributed by atoms with Gasteiger partial charge in [-0.1, -0.05) is 60.7 Å². The number of aryl methyl sites for hydroxylation is 1. The highest BCUT2D eigenvalue weighted by Crippen LogP contribution is 2.07. The van der Waals surface area contributed by atoms with Gasteiger partial charge in [0, 0.05) is 6.54 Å². The molecule has 1 amide bonds. The van der Waals surface area contributed by atoms with E-state index in [2.05, 4.69) is 5.32 Å². The summed E-state index contributed by atoms with van der Waals surface area (Å²) in [4.78, 5) is 11.8. The van der Waals surface area contributed by atoms with Gasteiger partial charge in [0.15, 0.2) is 0 Å². The summed E-state index contributed by atoms with van der Waals surface area (Å²) in [5.74, 6) is -0.112. The van der Waals surface area contributed by atoms with Crippen molar-refractivity contribution in [3.8, 4) is 0 Å². The molecule has 2 N–H and O–H groups in total. The summed E-state index contributed by atoms with van der Waals surface area (Å²) in [7, 11) is 0. The highest BCUT2D eigenvalue weighted by Gasteiger charge is 2.10. The van der Waals surface area contributed by atoms with Crippen molar-refractivity contribution in [1.82, 2.24) is 5.32 Å². The lowest BCUT2D eigenvalue weighted by molar-refractivity contribution is -0.123. The average molecular weight is 283 g/mol. The van der Waals surface area contributed by atoms with E-state index < -0.39 is 6.10 Å². The van der Waals surface area contributed by atoms with Crippen molar-refractivity contribution in [3.05, 3.63) is 71.8 Å². The van der Waals surface area contributed by atoms with Crippen LogP contribution in [0.1, 0.15) is 24.0 Å². The molecule has 0 aliphatic heterocycles. The van der Waals surface area contributed by atoms with Crippen LogP contribution in [0.25, 0.3) is 0 Å². The van der Waals surface area contributed by atoms with Crippen LogP contribution < -0.4 is 5.32 Å². The Morgan fingerprint density at radius 1 is 0.952 bits per heavy atom. The van der Waals surface area contributed by atoms with Crippen molar-refractivity contribution in [3.63, 3.8) is 0 Å². The summed E-state index contributed by atoms with van der Waals surface area (Å²) < 4.78 is 0. The number of benzene rings is 2. The zero-order valence-corrected chi connectivity index (χ0v) is 12.0. The minimum Gasteiger partial charge on any atom is -0.393 e. The highest BCUT2D eigenvalue weighted by molar-refractivity contribution is 5.76. The Balaban J connectivity index is 1.67. The topological polar surface area (TPSA) is 49.3 Å². The van der Waals surface area contributed by atoms with Gasteiger partial charge in [-0.05, 0) is 24.0 Å². The number of carbonyl (C=O) groups excluding carboxylic acids is 1. The van der Waals surface area contributed by atoms with Gasteiger partial charge in [-0.2, -0.15) is 0 Å². The molecule has 21 heavy (non-hydrogen) atoms. The van der Waals surface area contributed by atoms with Crippen molar-refractivity contribution in [2.75, 3.05) is 0 Å². The van der Waals surface area contributed by atoms with Crippen molar-refractivity contribution in [1.29, 1.82) is 0 Å². The maximum atomic E-state index is 11.8. The Labute approximate surface area is 125 Å². The molecule has 3 heteroatoms. The van der Waals surface area contributed by atoms with Crippen LogP contribution in [0.4, 0.5) is 0 Å². The lowest BCUT2D eigenvalue weighted by Crippen LogP contribution is -2.27. The second kappa shape index (κ2) is 8.22. The summed E-state index contributed by atoms with van der Waals surface area (Å²) >= 11 is 0. The van der Waals surface area contributed by atoms with E-state index in [1.165, 1.54) is 5.56 Å². The van der Waals surface area contributed by atoms with Gasteiger partial charge in [0.2, 0.25) is 5.91 Å². The van der Waals surface area contributed by atoms with Crippen molar-refractivity contribution in [2.45, 2.75) is 31.9 Å². The third-order valence-electron chi connectivity index (χ3n) is 3.36. The zero-order chi connectivity index (χ0) is 14.9. The number of hydrogen-bond acceptors (Lipinski definition) is 2. The third-order valence-corrected chi connectivity index (χ3v) is 3.36. The van der Waals surface area contributed by atoms with Gasteiger partial charge in [0.1, 0.15) is 0 Å². The normalized spacial score (nSPS) is 11.9. The molecule has 2 rings (SSSR count). The smallest absolute Gasteiger partial charge is 0.222 e. The summed E-state index contributed by atoms with van der Waals surface area (Å²) in [5, 5.41) is 12.7. The summed E-state index contributed by atoms with van der Waals surface area (Å²) in [6.07, 6.45) is 0.942. The standard InChI is InChI=1S/C18H21NO2/c20-17(12-11-15-7-3-1-4-8-15)13-18(21)19-14-16-9-5-2-6-10-16/h1-10,17,20H,11-14H2,(H,19,21)/t17-/m0/s1. The fourth-order valence-corrected chi connectivity index (χ4v) is 2.16. The van der Waals surface area contributed by atoms with Crippen LogP contribution >= 0.6 is 0 Å². The molecule has 0 aliphatic rings. The van der Waals surface area contributed by atoms with Crippen LogP contribution in [0.2, 0.25) is 0 Å². The number of aliphatic hydroxyl groups is 1. The summed E-state index contributed by atoms with van der Waals surface area (Å²) in [6.45, 7) is 0.505. The monoisotopic (exact) mass is 283 g/mol. The Kier molecular flexibility index (Phi) is 5.98. The van der Waals surface area contributed by atoms with E-state index in [0.29, 0.717) is 13.0 Å². The molecule has 0 radical (unpaired) electrons. The van der Waals surface area contributed by atoms with Crippen LogP contribution in [0, 0.1) is 0 Å². The molecule has 0 saturated heterocycles. The maximum Gasteiger partial charge on any atom is 0.222 e. The number of amides is 1. The molecule has 2 aromatic carbocycles. The first-order chi connectivity index (χ1) is 10.2. The average Bonchev–Trinajstić information content (AvgIpc) is 2.53. The van der Waals surface area contributed by atoms with E-state index in [-0.39, 0.29) is 12.3 Å². The third kappa shape index (κ3) is 5.79. The molecule has 0 aromatic heterocycles. The molecular formula is C18H21NO2. The first kappa shape index (κ1) is 15.3. The fourth-order valence-electron chi connectivity index (χ4n) is 2.16. The van der Waals surface area contributed by atoms with Gasteiger partial charge in [-0.25, -0.2) is 0 Å². The second-order valence-electron chi connectivity index (χ2n) is 5.14. The minimum atomic E-state index is -0.596. The quantitative estimate of drug-likeness (QED) is 0.821.